The van der Waals surface area contributed by atoms with E-state index in [1.165, 1.54) is 12.1 Å². The van der Waals surface area contributed by atoms with Crippen LogP contribution in [0.1, 0.15) is 0 Å². The second kappa shape index (κ2) is 4.80. The molecule has 0 aliphatic carbocycles. The number of nitro groups is 1. The van der Waals surface area contributed by atoms with Gasteiger partial charge in [0.05, 0.1) is 15.6 Å². The van der Waals surface area contributed by atoms with Crippen molar-refractivity contribution in [2.24, 2.45) is 0 Å². The molecule has 1 N–H and O–H groups in total. The van der Waals surface area contributed by atoms with Gasteiger partial charge >= 0.3 is 0 Å². The molecule has 0 aliphatic rings. The standard InChI is InChI=1S/C11H8ClN3O2/c12-9-7-8(15(16)17)4-5-10(9)14-11-3-1-2-6-13-11/h1-7H,(H,13,14). The van der Waals surface area contributed by atoms with Gasteiger partial charge in [-0.1, -0.05) is 17.7 Å². The highest BCUT2D eigenvalue weighted by Gasteiger charge is 2.09. The third-order valence-electron chi connectivity index (χ3n) is 2.09. The van der Waals surface area contributed by atoms with E-state index in [1.807, 2.05) is 6.07 Å². The lowest BCUT2D eigenvalue weighted by molar-refractivity contribution is -0.384. The molecule has 1 aromatic heterocycles. The number of anilines is 2. The highest BCUT2D eigenvalue weighted by atomic mass is 35.5. The average molecular weight is 250 g/mol. The summed E-state index contributed by atoms with van der Waals surface area (Å²) in [5.41, 5.74) is 0.539. The topological polar surface area (TPSA) is 68.1 Å². The van der Waals surface area contributed by atoms with Gasteiger partial charge in [0.25, 0.3) is 5.69 Å². The van der Waals surface area contributed by atoms with Crippen molar-refractivity contribution < 1.29 is 4.92 Å². The zero-order valence-electron chi connectivity index (χ0n) is 8.63. The monoisotopic (exact) mass is 249 g/mol. The first kappa shape index (κ1) is 11.3. The van der Waals surface area contributed by atoms with Crippen molar-refractivity contribution >= 4 is 28.8 Å². The quantitative estimate of drug-likeness (QED) is 0.669. The Bertz CT molecular complexity index is 546. The van der Waals surface area contributed by atoms with E-state index in [0.717, 1.165) is 0 Å². The first-order valence-electron chi connectivity index (χ1n) is 4.79. The summed E-state index contributed by atoms with van der Waals surface area (Å²) in [5.74, 6) is 0.628. The number of hydrogen-bond donors (Lipinski definition) is 1. The van der Waals surface area contributed by atoms with E-state index in [0.29, 0.717) is 11.5 Å². The minimum absolute atomic E-state index is 0.0402. The van der Waals surface area contributed by atoms with E-state index in [4.69, 9.17) is 11.6 Å². The molecule has 2 rings (SSSR count). The highest BCUT2D eigenvalue weighted by Crippen LogP contribution is 2.28. The Hall–Kier alpha value is -2.14. The number of pyridine rings is 1. The predicted octanol–water partition coefficient (Wildman–Crippen LogP) is 3.39. The summed E-state index contributed by atoms with van der Waals surface area (Å²) in [6, 6.07) is 9.63. The van der Waals surface area contributed by atoms with Gasteiger partial charge < -0.3 is 5.32 Å². The SMILES string of the molecule is O=[N+]([O-])c1ccc(Nc2ccccn2)c(Cl)c1. The fourth-order valence-electron chi connectivity index (χ4n) is 1.29. The summed E-state index contributed by atoms with van der Waals surface area (Å²) in [7, 11) is 0. The molecule has 86 valence electrons. The summed E-state index contributed by atoms with van der Waals surface area (Å²) >= 11 is 5.93. The number of benzene rings is 1. The highest BCUT2D eigenvalue weighted by molar-refractivity contribution is 6.33. The van der Waals surface area contributed by atoms with Crippen LogP contribution in [0.5, 0.6) is 0 Å². The van der Waals surface area contributed by atoms with Crippen LogP contribution >= 0.6 is 11.6 Å². The minimum atomic E-state index is -0.490. The van der Waals surface area contributed by atoms with Crippen LogP contribution in [0.4, 0.5) is 17.2 Å². The lowest BCUT2D eigenvalue weighted by Crippen LogP contribution is -1.94. The Kier molecular flexibility index (Phi) is 3.20. The van der Waals surface area contributed by atoms with Crippen LogP contribution in [-0.4, -0.2) is 9.91 Å². The Morgan fingerprint density at radius 3 is 2.71 bits per heavy atom. The fourth-order valence-corrected chi connectivity index (χ4v) is 1.52. The van der Waals surface area contributed by atoms with E-state index >= 15 is 0 Å². The van der Waals surface area contributed by atoms with Gasteiger partial charge in [-0.15, -0.1) is 0 Å². The van der Waals surface area contributed by atoms with Gasteiger partial charge in [0.15, 0.2) is 0 Å². The van der Waals surface area contributed by atoms with Gasteiger partial charge in [-0.05, 0) is 18.2 Å². The van der Waals surface area contributed by atoms with Crippen molar-refractivity contribution in [3.05, 3.63) is 57.7 Å². The molecule has 0 radical (unpaired) electrons. The molecule has 0 bridgehead atoms. The van der Waals surface area contributed by atoms with Crippen LogP contribution in [0.2, 0.25) is 5.02 Å². The first-order valence-corrected chi connectivity index (χ1v) is 5.16. The Morgan fingerprint density at radius 2 is 2.12 bits per heavy atom. The molecule has 1 aromatic carbocycles. The van der Waals surface area contributed by atoms with E-state index < -0.39 is 4.92 Å². The normalized spacial score (nSPS) is 9.94. The Labute approximate surface area is 102 Å². The van der Waals surface area contributed by atoms with Crippen LogP contribution in [0, 0.1) is 10.1 Å². The van der Waals surface area contributed by atoms with Gasteiger partial charge in [0.2, 0.25) is 0 Å². The summed E-state index contributed by atoms with van der Waals surface area (Å²) in [4.78, 5) is 14.1. The van der Waals surface area contributed by atoms with Crippen LogP contribution in [0.25, 0.3) is 0 Å². The smallest absolute Gasteiger partial charge is 0.271 e. The first-order chi connectivity index (χ1) is 8.16. The van der Waals surface area contributed by atoms with Crippen LogP contribution in [-0.2, 0) is 0 Å². The Morgan fingerprint density at radius 1 is 1.29 bits per heavy atom. The number of halogens is 1. The molecular formula is C11H8ClN3O2. The molecule has 0 spiro atoms. The molecule has 0 unspecified atom stereocenters. The summed E-state index contributed by atoms with van der Waals surface area (Å²) < 4.78 is 0. The maximum absolute atomic E-state index is 10.5. The van der Waals surface area contributed by atoms with Crippen LogP contribution < -0.4 is 5.32 Å². The van der Waals surface area contributed by atoms with E-state index in [2.05, 4.69) is 10.3 Å². The maximum Gasteiger partial charge on any atom is 0.271 e. The molecule has 2 aromatic rings. The van der Waals surface area contributed by atoms with Gasteiger partial charge in [0.1, 0.15) is 5.82 Å². The number of nitrogens with zero attached hydrogens (tertiary/aromatic N) is 2. The molecule has 0 amide bonds. The van der Waals surface area contributed by atoms with Crippen molar-refractivity contribution in [3.63, 3.8) is 0 Å². The van der Waals surface area contributed by atoms with Gasteiger partial charge in [-0.25, -0.2) is 4.98 Å². The maximum atomic E-state index is 10.5. The minimum Gasteiger partial charge on any atom is -0.339 e. The molecule has 17 heavy (non-hydrogen) atoms. The second-order valence-corrected chi connectivity index (χ2v) is 3.67. The molecule has 0 fully saturated rings. The summed E-state index contributed by atoms with van der Waals surface area (Å²) in [6.45, 7) is 0. The number of hydrogen-bond acceptors (Lipinski definition) is 4. The number of nitro benzene ring substituents is 1. The van der Waals surface area contributed by atoms with Crippen molar-refractivity contribution in [3.8, 4) is 0 Å². The molecule has 0 saturated heterocycles. The third-order valence-corrected chi connectivity index (χ3v) is 2.40. The summed E-state index contributed by atoms with van der Waals surface area (Å²) in [5, 5.41) is 13.8. The van der Waals surface area contributed by atoms with E-state index in [9.17, 15) is 10.1 Å². The number of non-ortho nitro benzene ring substituents is 1. The average Bonchev–Trinajstić information content (AvgIpc) is 2.33. The van der Waals surface area contributed by atoms with Gasteiger partial charge in [-0.3, -0.25) is 10.1 Å². The largest absolute Gasteiger partial charge is 0.339 e. The number of nitrogens with one attached hydrogen (secondary N) is 1. The van der Waals surface area contributed by atoms with Gasteiger partial charge in [0, 0.05) is 18.3 Å². The van der Waals surface area contributed by atoms with Crippen LogP contribution in [0.15, 0.2) is 42.6 Å². The predicted molar refractivity (Wildman–Crippen MR) is 65.6 cm³/mol. The lowest BCUT2D eigenvalue weighted by atomic mass is 10.3. The second-order valence-electron chi connectivity index (χ2n) is 3.26. The zero-order chi connectivity index (χ0) is 12.3. The fraction of sp³-hybridized carbons (Fsp3) is 0. The van der Waals surface area contributed by atoms with Crippen molar-refractivity contribution in [2.75, 3.05) is 5.32 Å². The molecule has 0 saturated carbocycles. The third kappa shape index (κ3) is 2.70. The molecular weight excluding hydrogens is 242 g/mol. The van der Waals surface area contributed by atoms with Crippen molar-refractivity contribution in [2.45, 2.75) is 0 Å². The zero-order valence-corrected chi connectivity index (χ0v) is 9.39. The molecule has 0 aliphatic heterocycles. The van der Waals surface area contributed by atoms with E-state index in [1.54, 1.807) is 24.4 Å². The Balaban J connectivity index is 2.26. The summed E-state index contributed by atoms with van der Waals surface area (Å²) in [6.07, 6.45) is 1.64. The number of rotatable bonds is 3. The molecule has 1 heterocycles. The van der Waals surface area contributed by atoms with Gasteiger partial charge in [-0.2, -0.15) is 0 Å². The van der Waals surface area contributed by atoms with E-state index in [-0.39, 0.29) is 10.7 Å². The molecule has 0 atom stereocenters. The molecule has 6 heteroatoms. The lowest BCUT2D eigenvalue weighted by Gasteiger charge is -2.06. The number of aromatic nitrogens is 1. The van der Waals surface area contributed by atoms with Crippen molar-refractivity contribution in [1.82, 2.24) is 4.98 Å². The van der Waals surface area contributed by atoms with Crippen molar-refractivity contribution in [1.29, 1.82) is 0 Å². The molecule has 5 nitrogen and oxygen atoms in total. The van der Waals surface area contributed by atoms with Crippen LogP contribution in [0.3, 0.4) is 0 Å².